The zero-order valence-corrected chi connectivity index (χ0v) is 11.5. The third-order valence-corrected chi connectivity index (χ3v) is 4.30. The number of rotatable bonds is 1. The SMILES string of the molecule is CC1(C)CC(Cl)c2cc(-c3ccccc3)ccc21. The van der Waals surface area contributed by atoms with Crippen molar-refractivity contribution in [1.82, 2.24) is 0 Å². The average Bonchev–Trinajstić information content (AvgIpc) is 2.61. The van der Waals surface area contributed by atoms with Crippen LogP contribution in [0.2, 0.25) is 0 Å². The minimum Gasteiger partial charge on any atom is -0.118 e. The van der Waals surface area contributed by atoms with E-state index >= 15 is 0 Å². The Morgan fingerprint density at radius 2 is 1.72 bits per heavy atom. The topological polar surface area (TPSA) is 0 Å². The van der Waals surface area contributed by atoms with Crippen LogP contribution < -0.4 is 0 Å². The van der Waals surface area contributed by atoms with Gasteiger partial charge < -0.3 is 0 Å². The number of hydrogen-bond acceptors (Lipinski definition) is 0. The first-order valence-electron chi connectivity index (χ1n) is 6.42. The predicted octanol–water partition coefficient (Wildman–Crippen LogP) is 5.31. The molecule has 1 heteroatoms. The van der Waals surface area contributed by atoms with Crippen LogP contribution in [0.1, 0.15) is 36.8 Å². The second kappa shape index (κ2) is 4.13. The number of halogens is 1. The molecule has 0 nitrogen and oxygen atoms in total. The van der Waals surface area contributed by atoms with Gasteiger partial charge in [-0.1, -0.05) is 56.3 Å². The van der Waals surface area contributed by atoms with Crippen molar-refractivity contribution in [3.05, 3.63) is 59.7 Å². The van der Waals surface area contributed by atoms with Crippen molar-refractivity contribution >= 4 is 11.6 Å². The van der Waals surface area contributed by atoms with Crippen LogP contribution in [0.4, 0.5) is 0 Å². The highest BCUT2D eigenvalue weighted by molar-refractivity contribution is 6.21. The summed E-state index contributed by atoms with van der Waals surface area (Å²) in [6.45, 7) is 4.55. The molecule has 1 aliphatic carbocycles. The molecule has 0 aliphatic heterocycles. The van der Waals surface area contributed by atoms with E-state index in [4.69, 9.17) is 11.6 Å². The average molecular weight is 257 g/mol. The Morgan fingerprint density at radius 1 is 1.00 bits per heavy atom. The van der Waals surface area contributed by atoms with E-state index in [0.717, 1.165) is 6.42 Å². The van der Waals surface area contributed by atoms with Gasteiger partial charge in [-0.25, -0.2) is 0 Å². The molecule has 0 saturated heterocycles. The number of benzene rings is 2. The fraction of sp³-hybridized carbons (Fsp3) is 0.294. The Morgan fingerprint density at radius 3 is 2.44 bits per heavy atom. The van der Waals surface area contributed by atoms with Gasteiger partial charge in [-0.3, -0.25) is 0 Å². The quantitative estimate of drug-likeness (QED) is 0.606. The third kappa shape index (κ3) is 1.85. The maximum absolute atomic E-state index is 6.49. The van der Waals surface area contributed by atoms with Crippen LogP contribution in [-0.4, -0.2) is 0 Å². The van der Waals surface area contributed by atoms with Gasteiger partial charge in [0, 0.05) is 0 Å². The first-order valence-corrected chi connectivity index (χ1v) is 6.85. The molecular weight excluding hydrogens is 240 g/mol. The van der Waals surface area contributed by atoms with Gasteiger partial charge in [0.2, 0.25) is 0 Å². The van der Waals surface area contributed by atoms with Crippen molar-refractivity contribution in [2.45, 2.75) is 31.1 Å². The zero-order chi connectivity index (χ0) is 12.8. The van der Waals surface area contributed by atoms with E-state index in [0.29, 0.717) is 0 Å². The predicted molar refractivity (Wildman–Crippen MR) is 78.1 cm³/mol. The van der Waals surface area contributed by atoms with Gasteiger partial charge in [-0.2, -0.15) is 0 Å². The Labute approximate surface area is 114 Å². The normalized spacial score (nSPS) is 20.7. The second-order valence-corrected chi connectivity index (χ2v) is 6.25. The summed E-state index contributed by atoms with van der Waals surface area (Å²) in [6.07, 6.45) is 1.03. The van der Waals surface area contributed by atoms with Gasteiger partial charge >= 0.3 is 0 Å². The first-order chi connectivity index (χ1) is 8.58. The van der Waals surface area contributed by atoms with Crippen LogP contribution in [0, 0.1) is 0 Å². The molecule has 0 bridgehead atoms. The van der Waals surface area contributed by atoms with Crippen molar-refractivity contribution in [2.24, 2.45) is 0 Å². The summed E-state index contributed by atoms with van der Waals surface area (Å²) in [7, 11) is 0. The molecule has 2 aromatic rings. The molecule has 0 N–H and O–H groups in total. The van der Waals surface area contributed by atoms with E-state index in [1.807, 2.05) is 6.07 Å². The largest absolute Gasteiger partial charge is 0.118 e. The number of hydrogen-bond donors (Lipinski definition) is 0. The summed E-state index contributed by atoms with van der Waals surface area (Å²) in [5.41, 5.74) is 5.44. The van der Waals surface area contributed by atoms with Crippen LogP contribution >= 0.6 is 11.6 Å². The van der Waals surface area contributed by atoms with Crippen molar-refractivity contribution < 1.29 is 0 Å². The molecular formula is C17H17Cl. The van der Waals surface area contributed by atoms with Crippen LogP contribution in [0.15, 0.2) is 48.5 Å². The Bertz CT molecular complexity index is 569. The van der Waals surface area contributed by atoms with E-state index < -0.39 is 0 Å². The van der Waals surface area contributed by atoms with E-state index in [2.05, 4.69) is 56.3 Å². The standard InChI is InChI=1S/C17H17Cl/c1-17(2)11-16(18)14-10-13(8-9-15(14)17)12-6-4-3-5-7-12/h3-10,16H,11H2,1-2H3. The summed E-state index contributed by atoms with van der Waals surface area (Å²) in [5.74, 6) is 0. The lowest BCUT2D eigenvalue weighted by Gasteiger charge is -2.18. The van der Waals surface area contributed by atoms with Gasteiger partial charge in [-0.15, -0.1) is 11.6 Å². The van der Waals surface area contributed by atoms with Crippen molar-refractivity contribution in [3.8, 4) is 11.1 Å². The van der Waals surface area contributed by atoms with Crippen LogP contribution in [0.3, 0.4) is 0 Å². The fourth-order valence-electron chi connectivity index (χ4n) is 2.92. The Hall–Kier alpha value is -1.27. The molecule has 0 fully saturated rings. The van der Waals surface area contributed by atoms with Crippen molar-refractivity contribution in [2.75, 3.05) is 0 Å². The lowest BCUT2D eigenvalue weighted by atomic mass is 9.86. The summed E-state index contributed by atoms with van der Waals surface area (Å²) in [6, 6.07) is 17.2. The van der Waals surface area contributed by atoms with Crippen molar-refractivity contribution in [3.63, 3.8) is 0 Å². The lowest BCUT2D eigenvalue weighted by Crippen LogP contribution is -2.11. The van der Waals surface area contributed by atoms with Crippen LogP contribution in [0.25, 0.3) is 11.1 Å². The van der Waals surface area contributed by atoms with Gasteiger partial charge in [0.25, 0.3) is 0 Å². The molecule has 0 aromatic heterocycles. The molecule has 1 atom stereocenters. The monoisotopic (exact) mass is 256 g/mol. The summed E-state index contributed by atoms with van der Waals surface area (Å²) in [5, 5.41) is 0.152. The maximum atomic E-state index is 6.49. The summed E-state index contributed by atoms with van der Waals surface area (Å²) in [4.78, 5) is 0. The van der Waals surface area contributed by atoms with Gasteiger partial charge in [-0.05, 0) is 40.2 Å². The molecule has 1 aliphatic rings. The zero-order valence-electron chi connectivity index (χ0n) is 10.8. The highest BCUT2D eigenvalue weighted by Crippen LogP contribution is 2.48. The minimum absolute atomic E-state index is 0.152. The summed E-state index contributed by atoms with van der Waals surface area (Å²) >= 11 is 6.49. The number of alkyl halides is 1. The first kappa shape index (κ1) is 11.8. The molecule has 1 unspecified atom stereocenters. The Balaban J connectivity index is 2.11. The molecule has 0 heterocycles. The molecule has 0 spiro atoms. The molecule has 2 aromatic carbocycles. The van der Waals surface area contributed by atoms with Gasteiger partial charge in [0.1, 0.15) is 0 Å². The fourth-order valence-corrected chi connectivity index (χ4v) is 3.48. The van der Waals surface area contributed by atoms with Gasteiger partial charge in [0.05, 0.1) is 5.38 Å². The smallest absolute Gasteiger partial charge is 0.0596 e. The third-order valence-electron chi connectivity index (χ3n) is 3.91. The van der Waals surface area contributed by atoms with E-state index in [-0.39, 0.29) is 10.8 Å². The van der Waals surface area contributed by atoms with Crippen LogP contribution in [0.5, 0.6) is 0 Å². The van der Waals surface area contributed by atoms with Crippen molar-refractivity contribution in [1.29, 1.82) is 0 Å². The molecule has 18 heavy (non-hydrogen) atoms. The molecule has 0 amide bonds. The summed E-state index contributed by atoms with van der Waals surface area (Å²) < 4.78 is 0. The maximum Gasteiger partial charge on any atom is 0.0596 e. The highest BCUT2D eigenvalue weighted by Gasteiger charge is 2.35. The second-order valence-electron chi connectivity index (χ2n) is 5.72. The number of fused-ring (bicyclic) bond motifs is 1. The molecule has 0 radical (unpaired) electrons. The van der Waals surface area contributed by atoms with Gasteiger partial charge in [0.15, 0.2) is 0 Å². The minimum atomic E-state index is 0.152. The highest BCUT2D eigenvalue weighted by atomic mass is 35.5. The van der Waals surface area contributed by atoms with Crippen LogP contribution in [-0.2, 0) is 5.41 Å². The molecule has 0 saturated carbocycles. The van der Waals surface area contributed by atoms with E-state index in [1.54, 1.807) is 0 Å². The molecule has 3 rings (SSSR count). The van der Waals surface area contributed by atoms with E-state index in [9.17, 15) is 0 Å². The lowest BCUT2D eigenvalue weighted by molar-refractivity contribution is 0.516. The molecule has 92 valence electrons. The van der Waals surface area contributed by atoms with E-state index in [1.165, 1.54) is 22.3 Å². The Kier molecular flexibility index (Phi) is 2.71.